The van der Waals surface area contributed by atoms with Crippen molar-refractivity contribution in [3.05, 3.63) is 28.8 Å². The molecular weight excluding hydrogens is 244 g/mol. The summed E-state index contributed by atoms with van der Waals surface area (Å²) in [7, 11) is 0. The lowest BCUT2D eigenvalue weighted by Gasteiger charge is -2.34. The van der Waals surface area contributed by atoms with Crippen molar-refractivity contribution >= 4 is 17.3 Å². The highest BCUT2D eigenvalue weighted by Crippen LogP contribution is 2.25. The van der Waals surface area contributed by atoms with Crippen LogP contribution in [-0.4, -0.2) is 25.7 Å². The third kappa shape index (κ3) is 3.39. The lowest BCUT2D eigenvalue weighted by Crippen LogP contribution is -2.42. The normalized spacial score (nSPS) is 17.2. The van der Waals surface area contributed by atoms with E-state index in [1.165, 1.54) is 24.9 Å². The Bertz CT molecular complexity index is 384. The molecule has 1 aromatic carbocycles. The van der Waals surface area contributed by atoms with Gasteiger partial charge in [-0.1, -0.05) is 24.6 Å². The third-order valence-electron chi connectivity index (χ3n) is 3.70. The van der Waals surface area contributed by atoms with E-state index in [0.29, 0.717) is 6.04 Å². The average Bonchev–Trinajstić information content (AvgIpc) is 2.40. The fourth-order valence-corrected chi connectivity index (χ4v) is 2.64. The van der Waals surface area contributed by atoms with Crippen molar-refractivity contribution in [2.45, 2.75) is 39.2 Å². The van der Waals surface area contributed by atoms with Crippen LogP contribution in [0.4, 0.5) is 5.69 Å². The van der Waals surface area contributed by atoms with Crippen LogP contribution >= 0.6 is 11.6 Å². The van der Waals surface area contributed by atoms with Gasteiger partial charge in [0.2, 0.25) is 0 Å². The van der Waals surface area contributed by atoms with Crippen LogP contribution in [0.15, 0.2) is 18.2 Å². The number of hydrogen-bond acceptors (Lipinski definition) is 2. The molecule has 2 nitrogen and oxygen atoms in total. The summed E-state index contributed by atoms with van der Waals surface area (Å²) in [5, 5.41) is 4.48. The molecule has 0 spiro atoms. The van der Waals surface area contributed by atoms with E-state index in [9.17, 15) is 0 Å². The summed E-state index contributed by atoms with van der Waals surface area (Å²) in [5.41, 5.74) is 2.42. The van der Waals surface area contributed by atoms with E-state index in [2.05, 4.69) is 35.3 Å². The topological polar surface area (TPSA) is 15.3 Å². The summed E-state index contributed by atoms with van der Waals surface area (Å²) in [6, 6.07) is 7.08. The molecule has 1 fully saturated rings. The summed E-state index contributed by atoms with van der Waals surface area (Å²) in [6.45, 7) is 7.66. The number of anilines is 1. The molecule has 1 saturated heterocycles. The molecule has 1 heterocycles. The van der Waals surface area contributed by atoms with Gasteiger partial charge in [-0.05, 0) is 50.4 Å². The molecule has 0 aromatic heterocycles. The van der Waals surface area contributed by atoms with Gasteiger partial charge in [0.25, 0.3) is 0 Å². The van der Waals surface area contributed by atoms with E-state index in [1.54, 1.807) is 0 Å². The summed E-state index contributed by atoms with van der Waals surface area (Å²) in [4.78, 5) is 2.44. The van der Waals surface area contributed by atoms with Crippen LogP contribution in [0.1, 0.15) is 31.7 Å². The highest BCUT2D eigenvalue weighted by Gasteiger charge is 2.18. The minimum absolute atomic E-state index is 0.696. The van der Waals surface area contributed by atoms with Gasteiger partial charge in [-0.15, -0.1) is 0 Å². The maximum absolute atomic E-state index is 6.19. The largest absolute Gasteiger partial charge is 0.371 e. The molecule has 1 aliphatic heterocycles. The van der Waals surface area contributed by atoms with Crippen molar-refractivity contribution in [2.75, 3.05) is 24.5 Å². The number of aryl methyl sites for hydroxylation is 1. The maximum atomic E-state index is 6.19. The van der Waals surface area contributed by atoms with Gasteiger partial charge in [-0.25, -0.2) is 0 Å². The lowest BCUT2D eigenvalue weighted by atomic mass is 10.0. The zero-order chi connectivity index (χ0) is 13.0. The van der Waals surface area contributed by atoms with Gasteiger partial charge in [0, 0.05) is 29.8 Å². The Hall–Kier alpha value is -0.730. The fourth-order valence-electron chi connectivity index (χ4n) is 2.47. The second kappa shape index (κ2) is 6.44. The van der Waals surface area contributed by atoms with Gasteiger partial charge in [0.1, 0.15) is 0 Å². The van der Waals surface area contributed by atoms with E-state index in [1.807, 2.05) is 6.92 Å². The molecule has 1 N–H and O–H groups in total. The molecule has 100 valence electrons. The number of piperidine rings is 1. The van der Waals surface area contributed by atoms with E-state index in [-0.39, 0.29) is 0 Å². The molecule has 0 aliphatic carbocycles. The molecule has 0 amide bonds. The third-order valence-corrected chi connectivity index (χ3v) is 4.11. The monoisotopic (exact) mass is 266 g/mol. The summed E-state index contributed by atoms with van der Waals surface area (Å²) >= 11 is 6.19. The summed E-state index contributed by atoms with van der Waals surface area (Å²) in [5.74, 6) is 0. The van der Waals surface area contributed by atoms with E-state index >= 15 is 0 Å². The molecule has 0 bridgehead atoms. The Morgan fingerprint density at radius 1 is 1.33 bits per heavy atom. The first-order chi connectivity index (χ1) is 8.70. The standard InChI is InChI=1S/C15H23ClN2/c1-3-8-17-13-6-9-18(10-7-13)14-5-4-12(2)15(16)11-14/h4-5,11,13,17H,3,6-10H2,1-2H3. The first-order valence-electron chi connectivity index (χ1n) is 6.95. The Morgan fingerprint density at radius 3 is 2.67 bits per heavy atom. The number of benzene rings is 1. The van der Waals surface area contributed by atoms with E-state index in [0.717, 1.165) is 30.2 Å². The van der Waals surface area contributed by atoms with Gasteiger partial charge in [0.05, 0.1) is 0 Å². The van der Waals surface area contributed by atoms with Gasteiger partial charge in [-0.3, -0.25) is 0 Å². The predicted molar refractivity (Wildman–Crippen MR) is 79.7 cm³/mol. The van der Waals surface area contributed by atoms with Crippen LogP contribution < -0.4 is 10.2 Å². The van der Waals surface area contributed by atoms with Crippen LogP contribution in [-0.2, 0) is 0 Å². The number of rotatable bonds is 4. The highest BCUT2D eigenvalue weighted by molar-refractivity contribution is 6.31. The van der Waals surface area contributed by atoms with Gasteiger partial charge in [0.15, 0.2) is 0 Å². The smallest absolute Gasteiger partial charge is 0.0455 e. The molecule has 0 atom stereocenters. The predicted octanol–water partition coefficient (Wildman–Crippen LogP) is 3.62. The molecule has 0 saturated carbocycles. The van der Waals surface area contributed by atoms with Crippen LogP contribution in [0.3, 0.4) is 0 Å². The van der Waals surface area contributed by atoms with Crippen molar-refractivity contribution in [2.24, 2.45) is 0 Å². The van der Waals surface area contributed by atoms with Crippen molar-refractivity contribution in [3.63, 3.8) is 0 Å². The number of nitrogens with zero attached hydrogens (tertiary/aromatic N) is 1. The van der Waals surface area contributed by atoms with Crippen LogP contribution in [0.5, 0.6) is 0 Å². The zero-order valence-electron chi connectivity index (χ0n) is 11.4. The molecule has 3 heteroatoms. The lowest BCUT2D eigenvalue weighted by molar-refractivity contribution is 0.416. The maximum Gasteiger partial charge on any atom is 0.0455 e. The zero-order valence-corrected chi connectivity index (χ0v) is 12.1. The van der Waals surface area contributed by atoms with Gasteiger partial charge < -0.3 is 10.2 Å². The Morgan fingerprint density at radius 2 is 2.06 bits per heavy atom. The fraction of sp³-hybridized carbons (Fsp3) is 0.600. The first kappa shape index (κ1) is 13.7. The minimum atomic E-state index is 0.696. The molecule has 0 unspecified atom stereocenters. The quantitative estimate of drug-likeness (QED) is 0.896. The number of halogens is 1. The Kier molecular flexibility index (Phi) is 4.90. The van der Waals surface area contributed by atoms with E-state index in [4.69, 9.17) is 11.6 Å². The van der Waals surface area contributed by atoms with Crippen LogP contribution in [0.2, 0.25) is 5.02 Å². The SMILES string of the molecule is CCCNC1CCN(c2ccc(C)c(Cl)c2)CC1. The van der Waals surface area contributed by atoms with Crippen LogP contribution in [0, 0.1) is 6.92 Å². The average molecular weight is 267 g/mol. The molecule has 2 rings (SSSR count). The Labute approximate surface area is 115 Å². The van der Waals surface area contributed by atoms with Crippen molar-refractivity contribution in [1.82, 2.24) is 5.32 Å². The number of nitrogens with one attached hydrogen (secondary N) is 1. The summed E-state index contributed by atoms with van der Waals surface area (Å²) in [6.07, 6.45) is 3.67. The minimum Gasteiger partial charge on any atom is -0.371 e. The highest BCUT2D eigenvalue weighted by atomic mass is 35.5. The first-order valence-corrected chi connectivity index (χ1v) is 7.33. The van der Waals surface area contributed by atoms with Crippen LogP contribution in [0.25, 0.3) is 0 Å². The van der Waals surface area contributed by atoms with Gasteiger partial charge >= 0.3 is 0 Å². The summed E-state index contributed by atoms with van der Waals surface area (Å²) < 4.78 is 0. The molecule has 1 aromatic rings. The second-order valence-corrected chi connectivity index (χ2v) is 5.56. The van der Waals surface area contributed by atoms with Gasteiger partial charge in [-0.2, -0.15) is 0 Å². The van der Waals surface area contributed by atoms with E-state index < -0.39 is 0 Å². The van der Waals surface area contributed by atoms with Crippen molar-refractivity contribution in [1.29, 1.82) is 0 Å². The molecule has 1 aliphatic rings. The Balaban J connectivity index is 1.90. The van der Waals surface area contributed by atoms with Crippen molar-refractivity contribution in [3.8, 4) is 0 Å². The van der Waals surface area contributed by atoms with Crippen molar-refractivity contribution < 1.29 is 0 Å². The number of hydrogen-bond donors (Lipinski definition) is 1. The molecular formula is C15H23ClN2. The second-order valence-electron chi connectivity index (χ2n) is 5.15. The molecule has 18 heavy (non-hydrogen) atoms. The molecule has 0 radical (unpaired) electrons.